The van der Waals surface area contributed by atoms with E-state index in [-0.39, 0.29) is 21.3 Å². The van der Waals surface area contributed by atoms with E-state index in [1.165, 1.54) is 6.92 Å². The minimum absolute atomic E-state index is 0.0637. The topological polar surface area (TPSA) is 83.3 Å². The average Bonchev–Trinajstić information content (AvgIpc) is 2.14. The Morgan fingerprint density at radius 2 is 2.14 bits per heavy atom. The SMILES string of the molecule is Cc1c([N+](=O)[O-])cc(C=O)c([O-])c1Br. The summed E-state index contributed by atoms with van der Waals surface area (Å²) in [5, 5.41) is 21.8. The Bertz CT molecular complexity index is 416. The molecule has 0 aliphatic heterocycles. The zero-order valence-corrected chi connectivity index (χ0v) is 8.70. The molecule has 0 N–H and O–H groups in total. The van der Waals surface area contributed by atoms with E-state index in [0.29, 0.717) is 6.29 Å². The van der Waals surface area contributed by atoms with E-state index in [2.05, 4.69) is 15.9 Å². The molecule has 0 saturated carbocycles. The first-order valence-electron chi connectivity index (χ1n) is 3.58. The maximum Gasteiger partial charge on any atom is 0.274 e. The fraction of sp³-hybridized carbons (Fsp3) is 0.125. The van der Waals surface area contributed by atoms with Gasteiger partial charge in [0, 0.05) is 21.7 Å². The van der Waals surface area contributed by atoms with Crippen LogP contribution in [0.4, 0.5) is 5.69 Å². The van der Waals surface area contributed by atoms with Gasteiger partial charge < -0.3 is 5.11 Å². The Labute approximate surface area is 87.6 Å². The molecule has 0 bridgehead atoms. The smallest absolute Gasteiger partial charge is 0.274 e. The van der Waals surface area contributed by atoms with Crippen molar-refractivity contribution < 1.29 is 14.8 Å². The van der Waals surface area contributed by atoms with Crippen LogP contribution in [-0.4, -0.2) is 11.2 Å². The van der Waals surface area contributed by atoms with Crippen molar-refractivity contribution in [3.63, 3.8) is 0 Å². The normalized spacial score (nSPS) is 9.86. The van der Waals surface area contributed by atoms with Crippen molar-refractivity contribution in [2.75, 3.05) is 0 Å². The Kier molecular flexibility index (Phi) is 2.85. The summed E-state index contributed by atoms with van der Waals surface area (Å²) in [6, 6.07) is 0.982. The second-order valence-corrected chi connectivity index (χ2v) is 3.42. The van der Waals surface area contributed by atoms with E-state index >= 15 is 0 Å². The molecule has 6 heteroatoms. The lowest BCUT2D eigenvalue weighted by Gasteiger charge is -2.13. The number of hydrogen-bond acceptors (Lipinski definition) is 4. The van der Waals surface area contributed by atoms with Gasteiger partial charge in [-0.2, -0.15) is 0 Å². The van der Waals surface area contributed by atoms with Crippen molar-refractivity contribution in [2.45, 2.75) is 6.92 Å². The minimum Gasteiger partial charge on any atom is -0.871 e. The van der Waals surface area contributed by atoms with Crippen LogP contribution < -0.4 is 5.11 Å². The van der Waals surface area contributed by atoms with Gasteiger partial charge in [0.05, 0.1) is 4.92 Å². The fourth-order valence-corrected chi connectivity index (χ4v) is 1.44. The van der Waals surface area contributed by atoms with Crippen LogP contribution in [0, 0.1) is 17.0 Å². The molecule has 14 heavy (non-hydrogen) atoms. The van der Waals surface area contributed by atoms with Gasteiger partial charge in [0.2, 0.25) is 0 Å². The van der Waals surface area contributed by atoms with Gasteiger partial charge in [-0.25, -0.2) is 0 Å². The molecule has 0 fully saturated rings. The predicted molar refractivity (Wildman–Crippen MR) is 50.4 cm³/mol. The van der Waals surface area contributed by atoms with Gasteiger partial charge >= 0.3 is 0 Å². The molecule has 0 atom stereocenters. The van der Waals surface area contributed by atoms with Gasteiger partial charge in [0.25, 0.3) is 5.69 Å². The highest BCUT2D eigenvalue weighted by Gasteiger charge is 2.15. The number of nitro benzene ring substituents is 1. The molecule has 0 spiro atoms. The Hall–Kier alpha value is -1.43. The molecule has 0 aromatic heterocycles. The quantitative estimate of drug-likeness (QED) is 0.458. The van der Waals surface area contributed by atoms with E-state index in [4.69, 9.17) is 0 Å². The molecule has 0 unspecified atom stereocenters. The summed E-state index contributed by atoms with van der Waals surface area (Å²) in [5.74, 6) is -0.525. The molecule has 1 aromatic rings. The summed E-state index contributed by atoms with van der Waals surface area (Å²) >= 11 is 2.91. The Balaban J connectivity index is 3.56. The highest BCUT2D eigenvalue weighted by Crippen LogP contribution is 2.34. The first kappa shape index (κ1) is 10.6. The van der Waals surface area contributed by atoms with Gasteiger partial charge in [-0.15, -0.1) is 0 Å². The van der Waals surface area contributed by atoms with Crippen LogP contribution in [0.1, 0.15) is 15.9 Å². The van der Waals surface area contributed by atoms with Crippen molar-refractivity contribution in [3.8, 4) is 5.75 Å². The standard InChI is InChI=1S/C8H6BrNO4/c1-4-6(10(13)14)2-5(3-11)8(12)7(4)9/h2-3,12H,1H3/p-1. The van der Waals surface area contributed by atoms with Crippen LogP contribution in [0.2, 0.25) is 0 Å². The monoisotopic (exact) mass is 258 g/mol. The second-order valence-electron chi connectivity index (χ2n) is 2.63. The number of benzene rings is 1. The summed E-state index contributed by atoms with van der Waals surface area (Å²) in [7, 11) is 0. The summed E-state index contributed by atoms with van der Waals surface area (Å²) in [6.07, 6.45) is 0.305. The van der Waals surface area contributed by atoms with Crippen LogP contribution in [0.5, 0.6) is 5.75 Å². The summed E-state index contributed by atoms with van der Waals surface area (Å²) in [5.41, 5.74) is -0.224. The molecule has 0 radical (unpaired) electrons. The molecule has 0 aliphatic carbocycles. The van der Waals surface area contributed by atoms with Crippen LogP contribution in [-0.2, 0) is 0 Å². The van der Waals surface area contributed by atoms with Crippen molar-refractivity contribution in [1.29, 1.82) is 0 Å². The highest BCUT2D eigenvalue weighted by atomic mass is 79.9. The van der Waals surface area contributed by atoms with Gasteiger partial charge in [0.1, 0.15) is 6.29 Å². The first-order valence-corrected chi connectivity index (χ1v) is 4.38. The molecule has 0 heterocycles. The largest absolute Gasteiger partial charge is 0.871 e. The number of carbonyl (C=O) groups is 1. The van der Waals surface area contributed by atoms with Gasteiger partial charge in [-0.05, 0) is 6.92 Å². The van der Waals surface area contributed by atoms with Crippen molar-refractivity contribution in [1.82, 2.24) is 0 Å². The summed E-state index contributed by atoms with van der Waals surface area (Å²) < 4.78 is 0.0637. The highest BCUT2D eigenvalue weighted by molar-refractivity contribution is 9.10. The zero-order chi connectivity index (χ0) is 10.9. The second kappa shape index (κ2) is 3.75. The predicted octanol–water partition coefficient (Wildman–Crippen LogP) is 1.55. The molecular formula is C8H5BrNO4-. The van der Waals surface area contributed by atoms with Crippen molar-refractivity contribution in [2.24, 2.45) is 0 Å². The lowest BCUT2D eigenvalue weighted by molar-refractivity contribution is -0.385. The Morgan fingerprint density at radius 1 is 1.57 bits per heavy atom. The maximum atomic E-state index is 11.3. The zero-order valence-electron chi connectivity index (χ0n) is 7.11. The molecule has 0 aliphatic rings. The van der Waals surface area contributed by atoms with E-state index in [1.807, 2.05) is 0 Å². The molecule has 1 aromatic carbocycles. The molecule has 1 rings (SSSR count). The first-order chi connectivity index (χ1) is 6.49. The number of rotatable bonds is 2. The van der Waals surface area contributed by atoms with Crippen molar-refractivity contribution in [3.05, 3.63) is 31.8 Å². The minimum atomic E-state index is -0.632. The number of nitrogens with zero attached hydrogens (tertiary/aromatic N) is 1. The third kappa shape index (κ3) is 1.60. The molecule has 74 valence electrons. The number of aldehydes is 1. The van der Waals surface area contributed by atoms with Gasteiger partial charge in [-0.1, -0.05) is 21.7 Å². The Morgan fingerprint density at radius 3 is 2.57 bits per heavy atom. The third-order valence-corrected chi connectivity index (χ3v) is 2.75. The molecule has 5 nitrogen and oxygen atoms in total. The van der Waals surface area contributed by atoms with Crippen LogP contribution in [0.25, 0.3) is 0 Å². The number of carbonyl (C=O) groups excluding carboxylic acids is 1. The lowest BCUT2D eigenvalue weighted by atomic mass is 10.1. The number of halogens is 1. The average molecular weight is 259 g/mol. The van der Waals surface area contributed by atoms with E-state index in [1.54, 1.807) is 0 Å². The molecule has 0 saturated heterocycles. The van der Waals surface area contributed by atoms with Crippen molar-refractivity contribution >= 4 is 27.9 Å². The lowest BCUT2D eigenvalue weighted by Crippen LogP contribution is -2.02. The maximum absolute atomic E-state index is 11.3. The molecule has 0 amide bonds. The van der Waals surface area contributed by atoms with E-state index in [9.17, 15) is 20.0 Å². The third-order valence-electron chi connectivity index (χ3n) is 1.79. The van der Waals surface area contributed by atoms with Crippen LogP contribution in [0.15, 0.2) is 10.5 Å². The van der Waals surface area contributed by atoms with Crippen LogP contribution >= 0.6 is 15.9 Å². The summed E-state index contributed by atoms with van der Waals surface area (Å²) in [4.78, 5) is 20.3. The number of nitro groups is 1. The van der Waals surface area contributed by atoms with Gasteiger partial charge in [-0.3, -0.25) is 14.9 Å². The number of hydrogen-bond donors (Lipinski definition) is 0. The fourth-order valence-electron chi connectivity index (χ4n) is 1.01. The summed E-state index contributed by atoms with van der Waals surface area (Å²) in [6.45, 7) is 1.44. The van der Waals surface area contributed by atoms with E-state index < -0.39 is 10.7 Å². The van der Waals surface area contributed by atoms with Crippen LogP contribution in [0.3, 0.4) is 0 Å². The van der Waals surface area contributed by atoms with E-state index in [0.717, 1.165) is 6.07 Å². The molecular weight excluding hydrogens is 254 g/mol. The van der Waals surface area contributed by atoms with Gasteiger partial charge in [0.15, 0.2) is 0 Å².